The van der Waals surface area contributed by atoms with Gasteiger partial charge in [-0.1, -0.05) is 38.6 Å². The summed E-state index contributed by atoms with van der Waals surface area (Å²) in [5.74, 6) is 0.753. The van der Waals surface area contributed by atoms with Gasteiger partial charge in [0.2, 0.25) is 0 Å². The summed E-state index contributed by atoms with van der Waals surface area (Å²) < 4.78 is 5.92. The first-order valence-corrected chi connectivity index (χ1v) is 6.50. The third-order valence-corrected chi connectivity index (χ3v) is 2.89. The summed E-state index contributed by atoms with van der Waals surface area (Å²) in [6, 6.07) is 0. The molecular formula is C15H25NO2. The summed E-state index contributed by atoms with van der Waals surface area (Å²) in [6.07, 6.45) is 6.83. The highest BCUT2D eigenvalue weighted by molar-refractivity contribution is 6.04. The molecule has 1 aliphatic heterocycles. The van der Waals surface area contributed by atoms with Crippen molar-refractivity contribution in [1.29, 1.82) is 0 Å². The fourth-order valence-electron chi connectivity index (χ4n) is 1.75. The summed E-state index contributed by atoms with van der Waals surface area (Å²) in [4.78, 5) is 0. The lowest BCUT2D eigenvalue weighted by Crippen LogP contribution is -2.37. The predicted molar refractivity (Wildman–Crippen MR) is 77.0 cm³/mol. The van der Waals surface area contributed by atoms with E-state index in [1.807, 2.05) is 33.8 Å². The first-order valence-electron chi connectivity index (χ1n) is 6.50. The Balaban J connectivity index is 0.00000137. The van der Waals surface area contributed by atoms with Crippen LogP contribution >= 0.6 is 0 Å². The van der Waals surface area contributed by atoms with Crippen LogP contribution in [0, 0.1) is 0 Å². The zero-order valence-electron chi connectivity index (χ0n) is 12.2. The van der Waals surface area contributed by atoms with Crippen LogP contribution in [-0.2, 0) is 4.74 Å². The molecule has 1 saturated heterocycles. The molecule has 0 amide bonds. The number of hydrogen-bond donors (Lipinski definition) is 1. The summed E-state index contributed by atoms with van der Waals surface area (Å²) in [6.45, 7) is 13.6. The minimum atomic E-state index is -0.290. The maximum absolute atomic E-state index is 9.06. The molecule has 0 aliphatic carbocycles. The molecule has 1 N–H and O–H groups in total. The highest BCUT2D eigenvalue weighted by Crippen LogP contribution is 2.34. The van der Waals surface area contributed by atoms with Crippen molar-refractivity contribution in [2.24, 2.45) is 5.16 Å². The van der Waals surface area contributed by atoms with Crippen molar-refractivity contribution in [2.45, 2.75) is 53.1 Å². The SMILES string of the molecule is C=C/C=C1C(=C/C)\OC(C)(CC)CC\1=N/O.CC. The largest absolute Gasteiger partial charge is 0.487 e. The average molecular weight is 251 g/mol. The molecule has 0 aromatic rings. The van der Waals surface area contributed by atoms with Gasteiger partial charge < -0.3 is 9.94 Å². The van der Waals surface area contributed by atoms with Crippen molar-refractivity contribution >= 4 is 5.71 Å². The molecule has 0 bridgehead atoms. The van der Waals surface area contributed by atoms with Crippen molar-refractivity contribution in [3.05, 3.63) is 36.1 Å². The van der Waals surface area contributed by atoms with E-state index in [0.717, 1.165) is 17.8 Å². The fourth-order valence-corrected chi connectivity index (χ4v) is 1.75. The molecule has 1 rings (SSSR count). The lowest BCUT2D eigenvalue weighted by Gasteiger charge is -2.36. The smallest absolute Gasteiger partial charge is 0.125 e. The molecule has 102 valence electrons. The highest BCUT2D eigenvalue weighted by atomic mass is 16.5. The van der Waals surface area contributed by atoms with E-state index in [9.17, 15) is 0 Å². The molecule has 0 aromatic heterocycles. The Kier molecular flexibility index (Phi) is 7.10. The quantitative estimate of drug-likeness (QED) is 0.582. The van der Waals surface area contributed by atoms with Crippen molar-refractivity contribution in [3.63, 3.8) is 0 Å². The van der Waals surface area contributed by atoms with Gasteiger partial charge in [-0.15, -0.1) is 0 Å². The van der Waals surface area contributed by atoms with Crippen molar-refractivity contribution < 1.29 is 9.94 Å². The molecule has 1 heterocycles. The van der Waals surface area contributed by atoms with E-state index in [4.69, 9.17) is 9.94 Å². The van der Waals surface area contributed by atoms with E-state index in [2.05, 4.69) is 18.7 Å². The van der Waals surface area contributed by atoms with Gasteiger partial charge in [0.05, 0.1) is 5.71 Å². The van der Waals surface area contributed by atoms with Gasteiger partial charge in [0.1, 0.15) is 11.4 Å². The van der Waals surface area contributed by atoms with Crippen LogP contribution < -0.4 is 0 Å². The first kappa shape index (κ1) is 16.5. The van der Waals surface area contributed by atoms with Crippen molar-refractivity contribution in [2.75, 3.05) is 0 Å². The molecule has 18 heavy (non-hydrogen) atoms. The van der Waals surface area contributed by atoms with Crippen LogP contribution in [0.4, 0.5) is 0 Å². The Morgan fingerprint density at radius 3 is 2.50 bits per heavy atom. The average Bonchev–Trinajstić information content (AvgIpc) is 2.42. The second kappa shape index (κ2) is 7.75. The Morgan fingerprint density at radius 1 is 1.50 bits per heavy atom. The van der Waals surface area contributed by atoms with Gasteiger partial charge in [-0.25, -0.2) is 0 Å². The van der Waals surface area contributed by atoms with Crippen LogP contribution in [0.5, 0.6) is 0 Å². The maximum atomic E-state index is 9.06. The maximum Gasteiger partial charge on any atom is 0.125 e. The number of allylic oxidation sites excluding steroid dienone is 4. The summed E-state index contributed by atoms with van der Waals surface area (Å²) in [5, 5.41) is 12.4. The third kappa shape index (κ3) is 3.76. The summed E-state index contributed by atoms with van der Waals surface area (Å²) in [7, 11) is 0. The normalized spacial score (nSPS) is 29.7. The molecule has 1 aliphatic rings. The molecule has 1 unspecified atom stereocenters. The molecule has 1 fully saturated rings. The van der Waals surface area contributed by atoms with E-state index >= 15 is 0 Å². The van der Waals surface area contributed by atoms with Crippen LogP contribution in [0.2, 0.25) is 0 Å². The van der Waals surface area contributed by atoms with Gasteiger partial charge in [0, 0.05) is 12.0 Å². The van der Waals surface area contributed by atoms with Gasteiger partial charge in [0.15, 0.2) is 0 Å². The van der Waals surface area contributed by atoms with Gasteiger partial charge >= 0.3 is 0 Å². The molecular weight excluding hydrogens is 226 g/mol. The monoisotopic (exact) mass is 251 g/mol. The lowest BCUT2D eigenvalue weighted by molar-refractivity contribution is 0.0183. The highest BCUT2D eigenvalue weighted by Gasteiger charge is 2.35. The van der Waals surface area contributed by atoms with Crippen LogP contribution in [0.25, 0.3) is 0 Å². The minimum absolute atomic E-state index is 0.290. The lowest BCUT2D eigenvalue weighted by atomic mass is 9.88. The fraction of sp³-hybridized carbons (Fsp3) is 0.533. The van der Waals surface area contributed by atoms with Gasteiger partial charge in [-0.05, 0) is 32.4 Å². The molecule has 3 heteroatoms. The van der Waals surface area contributed by atoms with E-state index in [-0.39, 0.29) is 5.60 Å². The number of hydrogen-bond acceptors (Lipinski definition) is 3. The van der Waals surface area contributed by atoms with Crippen LogP contribution in [-0.4, -0.2) is 16.5 Å². The van der Waals surface area contributed by atoms with Crippen molar-refractivity contribution in [3.8, 4) is 0 Å². The second-order valence-electron chi connectivity index (χ2n) is 4.10. The zero-order chi connectivity index (χ0) is 14.2. The van der Waals surface area contributed by atoms with Gasteiger partial charge in [0.25, 0.3) is 0 Å². The van der Waals surface area contributed by atoms with Gasteiger partial charge in [-0.3, -0.25) is 0 Å². The summed E-state index contributed by atoms with van der Waals surface area (Å²) in [5.41, 5.74) is 1.18. The molecule has 3 nitrogen and oxygen atoms in total. The number of rotatable bonds is 2. The standard InChI is InChI=1S/C13H19NO2.C2H6/c1-5-8-10-11(14-15)9-13(4,7-3)16-12(10)6-2;1-2/h5-6,8,15H,1,7,9H2,2-4H3;1-2H3/b10-8-,12-6+,14-11+;. The van der Waals surface area contributed by atoms with Gasteiger partial charge in [-0.2, -0.15) is 0 Å². The topological polar surface area (TPSA) is 41.8 Å². The van der Waals surface area contributed by atoms with E-state index in [0.29, 0.717) is 12.1 Å². The van der Waals surface area contributed by atoms with Crippen LogP contribution in [0.1, 0.15) is 47.5 Å². The Bertz CT molecular complexity index is 341. The molecule has 0 spiro atoms. The van der Waals surface area contributed by atoms with E-state index < -0.39 is 0 Å². The number of nitrogens with zero attached hydrogens (tertiary/aromatic N) is 1. The zero-order valence-corrected chi connectivity index (χ0v) is 12.2. The van der Waals surface area contributed by atoms with Crippen LogP contribution in [0.3, 0.4) is 0 Å². The van der Waals surface area contributed by atoms with E-state index in [1.54, 1.807) is 12.2 Å². The Hall–Kier alpha value is -1.51. The minimum Gasteiger partial charge on any atom is -0.487 e. The Labute approximate surface area is 111 Å². The molecule has 0 saturated carbocycles. The first-order chi connectivity index (χ1) is 8.60. The second-order valence-corrected chi connectivity index (χ2v) is 4.10. The molecule has 0 aromatic carbocycles. The molecule has 1 atom stereocenters. The van der Waals surface area contributed by atoms with E-state index in [1.165, 1.54) is 0 Å². The Morgan fingerprint density at radius 2 is 2.11 bits per heavy atom. The van der Waals surface area contributed by atoms with Crippen LogP contribution in [0.15, 0.2) is 41.3 Å². The third-order valence-electron chi connectivity index (χ3n) is 2.89. The predicted octanol–water partition coefficient (Wildman–Crippen LogP) is 4.45. The molecule has 0 radical (unpaired) electrons. The number of ether oxygens (including phenoxy) is 1. The summed E-state index contributed by atoms with van der Waals surface area (Å²) >= 11 is 0. The number of oxime groups is 1. The van der Waals surface area contributed by atoms with Crippen molar-refractivity contribution in [1.82, 2.24) is 0 Å².